The van der Waals surface area contributed by atoms with Crippen LogP contribution in [0.25, 0.3) is 0 Å². The van der Waals surface area contributed by atoms with Crippen LogP contribution >= 0.6 is 15.9 Å². The van der Waals surface area contributed by atoms with Crippen LogP contribution in [0.3, 0.4) is 0 Å². The van der Waals surface area contributed by atoms with Crippen molar-refractivity contribution in [3.05, 3.63) is 16.1 Å². The average Bonchev–Trinajstić information content (AvgIpc) is 2.30. The Balaban J connectivity index is 2.62. The van der Waals surface area contributed by atoms with E-state index in [1.807, 2.05) is 0 Å². The van der Waals surface area contributed by atoms with Crippen molar-refractivity contribution in [3.63, 3.8) is 0 Å². The van der Waals surface area contributed by atoms with Crippen molar-refractivity contribution in [2.45, 2.75) is 6.10 Å². The molecule has 0 aromatic heterocycles. The van der Waals surface area contributed by atoms with Crippen LogP contribution in [0.2, 0.25) is 0 Å². The number of aliphatic hydroxyl groups excluding tert-OH is 1. The molecule has 1 unspecified atom stereocenters. The van der Waals surface area contributed by atoms with E-state index >= 15 is 0 Å². The predicted octanol–water partition coefficient (Wildman–Crippen LogP) is 1.04. The van der Waals surface area contributed by atoms with Crippen molar-refractivity contribution in [1.82, 2.24) is 0 Å². The maximum atomic E-state index is 10.8. The standard InChI is InChI=1S/C10H9BrO6/c11-4-3-5-9(17-2-1-16-5)6(7(4)12)8(13)10(14)15/h3,8,12-13H,1-2H2,(H,14,15). The molecule has 1 aliphatic rings. The number of aromatic hydroxyl groups is 1. The fourth-order valence-corrected chi connectivity index (χ4v) is 1.97. The first-order valence-corrected chi connectivity index (χ1v) is 5.53. The second kappa shape index (κ2) is 4.42. The molecular formula is C10H9BrO6. The van der Waals surface area contributed by atoms with E-state index in [1.165, 1.54) is 6.07 Å². The number of aliphatic carboxylic acids is 1. The fraction of sp³-hybridized carbons (Fsp3) is 0.300. The zero-order chi connectivity index (χ0) is 12.6. The summed E-state index contributed by atoms with van der Waals surface area (Å²) in [4.78, 5) is 10.8. The molecule has 1 aliphatic heterocycles. The lowest BCUT2D eigenvalue weighted by Gasteiger charge is -2.23. The highest BCUT2D eigenvalue weighted by molar-refractivity contribution is 9.10. The second-order valence-corrected chi connectivity index (χ2v) is 4.24. The lowest BCUT2D eigenvalue weighted by Crippen LogP contribution is -2.19. The molecule has 6 nitrogen and oxygen atoms in total. The van der Waals surface area contributed by atoms with Crippen molar-refractivity contribution < 1.29 is 29.6 Å². The molecule has 0 fully saturated rings. The Bertz CT molecular complexity index is 472. The molecule has 1 atom stereocenters. The van der Waals surface area contributed by atoms with Gasteiger partial charge in [-0.15, -0.1) is 0 Å². The van der Waals surface area contributed by atoms with E-state index < -0.39 is 12.1 Å². The molecule has 0 radical (unpaired) electrons. The molecular weight excluding hydrogens is 296 g/mol. The molecule has 1 heterocycles. The van der Waals surface area contributed by atoms with Gasteiger partial charge in [0.1, 0.15) is 19.0 Å². The minimum absolute atomic E-state index is 0.0619. The number of halogens is 1. The third-order valence-corrected chi connectivity index (χ3v) is 2.91. The number of rotatable bonds is 2. The summed E-state index contributed by atoms with van der Waals surface area (Å²) in [6.07, 6.45) is -1.87. The number of benzene rings is 1. The first kappa shape index (κ1) is 12.0. The highest BCUT2D eigenvalue weighted by Crippen LogP contribution is 2.46. The van der Waals surface area contributed by atoms with E-state index in [-0.39, 0.29) is 33.9 Å². The SMILES string of the molecule is O=C(O)C(O)c1c(O)c(Br)cc2c1OCCO2. The summed E-state index contributed by atoms with van der Waals surface area (Å²) in [5, 5.41) is 28.1. The summed E-state index contributed by atoms with van der Waals surface area (Å²) < 4.78 is 10.7. The Labute approximate surface area is 105 Å². The summed E-state index contributed by atoms with van der Waals surface area (Å²) in [5.41, 5.74) is -0.207. The van der Waals surface area contributed by atoms with Gasteiger partial charge in [0.15, 0.2) is 17.6 Å². The molecule has 0 aliphatic carbocycles. The summed E-state index contributed by atoms with van der Waals surface area (Å²) in [6, 6.07) is 1.46. The van der Waals surface area contributed by atoms with Crippen molar-refractivity contribution >= 4 is 21.9 Å². The number of carboxylic acid groups (broad SMARTS) is 1. The molecule has 1 aromatic carbocycles. The summed E-state index contributed by atoms with van der Waals surface area (Å²) >= 11 is 3.05. The van der Waals surface area contributed by atoms with Gasteiger partial charge in [-0.2, -0.15) is 0 Å². The molecule has 3 N–H and O–H groups in total. The third kappa shape index (κ3) is 2.03. The van der Waals surface area contributed by atoms with E-state index in [0.717, 1.165) is 0 Å². The lowest BCUT2D eigenvalue weighted by molar-refractivity contribution is -0.147. The van der Waals surface area contributed by atoms with Gasteiger partial charge in [0.2, 0.25) is 0 Å². The van der Waals surface area contributed by atoms with Gasteiger partial charge in [0.05, 0.1) is 10.0 Å². The van der Waals surface area contributed by atoms with Crippen LogP contribution < -0.4 is 9.47 Å². The first-order valence-electron chi connectivity index (χ1n) is 4.74. The minimum atomic E-state index is -1.87. The molecule has 7 heteroatoms. The summed E-state index contributed by atoms with van der Waals surface area (Å²) in [5.74, 6) is -1.50. The van der Waals surface area contributed by atoms with Crippen LogP contribution in [0, 0.1) is 0 Å². The minimum Gasteiger partial charge on any atom is -0.506 e. The Kier molecular flexibility index (Phi) is 3.12. The van der Waals surface area contributed by atoms with Gasteiger partial charge >= 0.3 is 5.97 Å². The van der Waals surface area contributed by atoms with E-state index in [2.05, 4.69) is 15.9 Å². The van der Waals surface area contributed by atoms with Crippen molar-refractivity contribution in [2.24, 2.45) is 0 Å². The number of phenolic OH excluding ortho intramolecular Hbond substituents is 1. The van der Waals surface area contributed by atoms with Gasteiger partial charge in [-0.05, 0) is 15.9 Å². The highest BCUT2D eigenvalue weighted by Gasteiger charge is 2.30. The van der Waals surface area contributed by atoms with E-state index in [4.69, 9.17) is 14.6 Å². The molecule has 92 valence electrons. The maximum Gasteiger partial charge on any atom is 0.337 e. The Morgan fingerprint density at radius 1 is 1.41 bits per heavy atom. The van der Waals surface area contributed by atoms with Crippen LogP contribution in [0.15, 0.2) is 10.5 Å². The van der Waals surface area contributed by atoms with Gasteiger partial charge in [-0.25, -0.2) is 4.79 Å². The summed E-state index contributed by atoms with van der Waals surface area (Å²) in [7, 11) is 0. The zero-order valence-corrected chi connectivity index (χ0v) is 10.1. The van der Waals surface area contributed by atoms with Crippen molar-refractivity contribution in [3.8, 4) is 17.2 Å². The predicted molar refractivity (Wildman–Crippen MR) is 59.4 cm³/mol. The van der Waals surface area contributed by atoms with E-state index in [9.17, 15) is 15.0 Å². The van der Waals surface area contributed by atoms with Crippen molar-refractivity contribution in [2.75, 3.05) is 13.2 Å². The van der Waals surface area contributed by atoms with Crippen LogP contribution in [0.5, 0.6) is 17.2 Å². The number of carboxylic acids is 1. The highest BCUT2D eigenvalue weighted by atomic mass is 79.9. The Morgan fingerprint density at radius 3 is 2.71 bits per heavy atom. The molecule has 0 spiro atoms. The quantitative estimate of drug-likeness (QED) is 0.755. The molecule has 17 heavy (non-hydrogen) atoms. The van der Waals surface area contributed by atoms with E-state index in [0.29, 0.717) is 6.61 Å². The third-order valence-electron chi connectivity index (χ3n) is 2.30. The topological polar surface area (TPSA) is 96.2 Å². The number of aliphatic hydroxyl groups is 1. The van der Waals surface area contributed by atoms with Crippen LogP contribution in [0.4, 0.5) is 0 Å². The van der Waals surface area contributed by atoms with Crippen LogP contribution in [0.1, 0.15) is 11.7 Å². The van der Waals surface area contributed by atoms with Gasteiger partial charge in [-0.1, -0.05) is 0 Å². The molecule has 0 amide bonds. The average molecular weight is 305 g/mol. The zero-order valence-electron chi connectivity index (χ0n) is 8.51. The molecule has 1 aromatic rings. The van der Waals surface area contributed by atoms with E-state index in [1.54, 1.807) is 0 Å². The number of ether oxygens (including phenoxy) is 2. The smallest absolute Gasteiger partial charge is 0.337 e. The number of hydrogen-bond donors (Lipinski definition) is 3. The fourth-order valence-electron chi connectivity index (χ4n) is 1.55. The van der Waals surface area contributed by atoms with Gasteiger partial charge in [-0.3, -0.25) is 0 Å². The van der Waals surface area contributed by atoms with Crippen molar-refractivity contribution in [1.29, 1.82) is 0 Å². The Hall–Kier alpha value is -1.47. The maximum absolute atomic E-state index is 10.8. The Morgan fingerprint density at radius 2 is 2.06 bits per heavy atom. The monoisotopic (exact) mass is 304 g/mol. The molecule has 2 rings (SSSR count). The number of hydrogen-bond acceptors (Lipinski definition) is 5. The molecule has 0 bridgehead atoms. The molecule has 0 saturated carbocycles. The van der Waals surface area contributed by atoms with Gasteiger partial charge in [0, 0.05) is 6.07 Å². The van der Waals surface area contributed by atoms with Gasteiger partial charge in [0.25, 0.3) is 0 Å². The first-order chi connectivity index (χ1) is 8.02. The second-order valence-electron chi connectivity index (χ2n) is 3.39. The largest absolute Gasteiger partial charge is 0.506 e. The molecule has 0 saturated heterocycles. The number of fused-ring (bicyclic) bond motifs is 1. The summed E-state index contributed by atoms with van der Waals surface area (Å²) in [6.45, 7) is 0.556. The number of phenols is 1. The normalized spacial score (nSPS) is 15.4. The number of carbonyl (C=O) groups is 1. The van der Waals surface area contributed by atoms with Gasteiger partial charge < -0.3 is 24.8 Å². The van der Waals surface area contributed by atoms with Crippen LogP contribution in [-0.4, -0.2) is 34.5 Å². The lowest BCUT2D eigenvalue weighted by atomic mass is 10.1. The van der Waals surface area contributed by atoms with Crippen LogP contribution in [-0.2, 0) is 4.79 Å².